The van der Waals surface area contributed by atoms with Crippen molar-refractivity contribution < 1.29 is 14.3 Å². The summed E-state index contributed by atoms with van der Waals surface area (Å²) >= 11 is 7.94. The molecule has 3 N–H and O–H groups in total. The van der Waals surface area contributed by atoms with E-state index in [2.05, 4.69) is 26.1 Å². The van der Waals surface area contributed by atoms with Crippen LogP contribution < -0.4 is 20.5 Å². The lowest BCUT2D eigenvalue weighted by Gasteiger charge is -2.31. The number of anilines is 1. The Morgan fingerprint density at radius 1 is 1.14 bits per heavy atom. The number of hydrogen-bond donors (Lipinski definition) is 2. The summed E-state index contributed by atoms with van der Waals surface area (Å²) in [6, 6.07) is 10.7. The van der Waals surface area contributed by atoms with Gasteiger partial charge in [0.05, 0.1) is 14.2 Å². The van der Waals surface area contributed by atoms with Gasteiger partial charge < -0.3 is 20.5 Å². The Balaban J connectivity index is 2.00. The molecule has 7 heteroatoms. The lowest BCUT2D eigenvalue weighted by atomic mass is 9.87. The molecule has 0 bridgehead atoms. The van der Waals surface area contributed by atoms with Gasteiger partial charge in [-0.05, 0) is 47.4 Å². The van der Waals surface area contributed by atoms with Crippen LogP contribution in [0.1, 0.15) is 41.9 Å². The van der Waals surface area contributed by atoms with Gasteiger partial charge in [-0.2, -0.15) is 11.8 Å². The molecular formula is C22H29ClN2O3S. The molecule has 0 fully saturated rings. The van der Waals surface area contributed by atoms with Gasteiger partial charge >= 0.3 is 0 Å². The van der Waals surface area contributed by atoms with Crippen molar-refractivity contribution in [2.45, 2.75) is 26.0 Å². The molecule has 0 spiro atoms. The van der Waals surface area contributed by atoms with E-state index in [-0.39, 0.29) is 16.6 Å². The van der Waals surface area contributed by atoms with Gasteiger partial charge in [0.25, 0.3) is 5.91 Å². The first-order valence-electron chi connectivity index (χ1n) is 9.34. The molecule has 0 saturated heterocycles. The van der Waals surface area contributed by atoms with Gasteiger partial charge in [0.15, 0.2) is 11.5 Å². The zero-order valence-corrected chi connectivity index (χ0v) is 19.1. The lowest BCUT2D eigenvalue weighted by Crippen LogP contribution is -2.27. The van der Waals surface area contributed by atoms with Crippen LogP contribution in [0.3, 0.4) is 0 Å². The van der Waals surface area contributed by atoms with Crippen molar-refractivity contribution in [3.8, 4) is 11.5 Å². The van der Waals surface area contributed by atoms with Crippen LogP contribution in [0.2, 0.25) is 5.02 Å². The van der Waals surface area contributed by atoms with E-state index in [0.717, 1.165) is 17.0 Å². The molecule has 1 amide bonds. The van der Waals surface area contributed by atoms with Gasteiger partial charge in [0.2, 0.25) is 0 Å². The topological polar surface area (TPSA) is 73.6 Å². The fourth-order valence-electron chi connectivity index (χ4n) is 3.00. The molecule has 5 nitrogen and oxygen atoms in total. The first-order valence-corrected chi connectivity index (χ1v) is 10.8. The van der Waals surface area contributed by atoms with Crippen LogP contribution >= 0.6 is 23.4 Å². The molecule has 2 aromatic rings. The van der Waals surface area contributed by atoms with Gasteiger partial charge in [-0.15, -0.1) is 0 Å². The number of hydrogen-bond acceptors (Lipinski definition) is 5. The molecule has 0 aliphatic carbocycles. The highest BCUT2D eigenvalue weighted by Gasteiger charge is 2.28. The third-order valence-corrected chi connectivity index (χ3v) is 6.41. The van der Waals surface area contributed by atoms with Gasteiger partial charge in [-0.3, -0.25) is 4.79 Å². The molecule has 2 rings (SSSR count). The van der Waals surface area contributed by atoms with Crippen LogP contribution in [0.5, 0.6) is 11.5 Å². The van der Waals surface area contributed by atoms with E-state index in [1.807, 2.05) is 12.1 Å². The highest BCUT2D eigenvalue weighted by Crippen LogP contribution is 2.46. The Kier molecular flexibility index (Phi) is 8.11. The second-order valence-corrected chi connectivity index (χ2v) is 9.37. The normalized spacial score (nSPS) is 12.3. The number of carbonyl (C=O) groups is 1. The van der Waals surface area contributed by atoms with Crippen molar-refractivity contribution >= 4 is 35.0 Å². The summed E-state index contributed by atoms with van der Waals surface area (Å²) in [5, 5.41) is 3.78. The Hall–Kier alpha value is -2.05. The van der Waals surface area contributed by atoms with Gasteiger partial charge in [-0.1, -0.05) is 32.4 Å². The van der Waals surface area contributed by atoms with E-state index < -0.39 is 0 Å². The molecule has 0 aliphatic heterocycles. The number of thioether (sulfide) groups is 1. The summed E-state index contributed by atoms with van der Waals surface area (Å²) in [7, 11) is 3.11. The van der Waals surface area contributed by atoms with Crippen molar-refractivity contribution in [1.29, 1.82) is 0 Å². The van der Waals surface area contributed by atoms with E-state index in [0.29, 0.717) is 28.6 Å². The molecule has 29 heavy (non-hydrogen) atoms. The standard InChI is InChI=1S/C22H29ClN2O3S/c1-22(2,3)20(16-13-15(23)7-8-17(16)24)29-11-10-25-21(26)14-6-9-18(27-4)19(12-14)28-5/h6-9,12-13,20H,10-11,24H2,1-5H3,(H,25,26). The van der Waals surface area contributed by atoms with Crippen LogP contribution in [0.15, 0.2) is 36.4 Å². The fourth-order valence-corrected chi connectivity index (χ4v) is 4.52. The van der Waals surface area contributed by atoms with Gasteiger partial charge in [0.1, 0.15) is 0 Å². The van der Waals surface area contributed by atoms with Crippen LogP contribution in [-0.4, -0.2) is 32.4 Å². The van der Waals surface area contributed by atoms with Crippen molar-refractivity contribution in [3.63, 3.8) is 0 Å². The number of methoxy groups -OCH3 is 2. The molecule has 158 valence electrons. The van der Waals surface area contributed by atoms with Gasteiger partial charge in [-0.25, -0.2) is 0 Å². The maximum Gasteiger partial charge on any atom is 0.251 e. The first-order chi connectivity index (χ1) is 13.7. The SMILES string of the molecule is COc1ccc(C(=O)NCCSC(c2cc(Cl)ccc2N)C(C)(C)C)cc1OC. The summed E-state index contributed by atoms with van der Waals surface area (Å²) in [6.45, 7) is 7.05. The number of nitrogens with one attached hydrogen (secondary N) is 1. The molecule has 0 saturated carbocycles. The highest BCUT2D eigenvalue weighted by atomic mass is 35.5. The fraction of sp³-hybridized carbons (Fsp3) is 0.409. The molecule has 1 unspecified atom stereocenters. The Morgan fingerprint density at radius 3 is 2.45 bits per heavy atom. The number of nitrogen functional groups attached to an aromatic ring is 1. The third kappa shape index (κ3) is 6.21. The minimum Gasteiger partial charge on any atom is -0.493 e. The van der Waals surface area contributed by atoms with Crippen molar-refractivity contribution in [2.75, 3.05) is 32.3 Å². The van der Waals surface area contributed by atoms with E-state index >= 15 is 0 Å². The maximum absolute atomic E-state index is 12.5. The third-order valence-electron chi connectivity index (χ3n) is 4.44. The molecule has 0 aliphatic rings. The summed E-state index contributed by atoms with van der Waals surface area (Å²) < 4.78 is 10.5. The summed E-state index contributed by atoms with van der Waals surface area (Å²) in [5.41, 5.74) is 8.47. The van der Waals surface area contributed by atoms with E-state index in [1.165, 1.54) is 0 Å². The second-order valence-electron chi connectivity index (χ2n) is 7.72. The molecule has 0 aromatic heterocycles. The summed E-state index contributed by atoms with van der Waals surface area (Å²) in [5.74, 6) is 1.71. The zero-order valence-electron chi connectivity index (χ0n) is 17.5. The molecular weight excluding hydrogens is 408 g/mol. The minimum atomic E-state index is -0.152. The van der Waals surface area contributed by atoms with Crippen molar-refractivity contribution in [2.24, 2.45) is 5.41 Å². The quantitative estimate of drug-likeness (QED) is 0.440. The Labute approximate surface area is 182 Å². The smallest absolute Gasteiger partial charge is 0.251 e. The minimum absolute atomic E-state index is 0.0170. The Morgan fingerprint density at radius 2 is 1.83 bits per heavy atom. The number of carbonyl (C=O) groups excluding carboxylic acids is 1. The van der Waals surface area contributed by atoms with Crippen LogP contribution in [-0.2, 0) is 0 Å². The van der Waals surface area contributed by atoms with Crippen molar-refractivity contribution in [1.82, 2.24) is 5.32 Å². The monoisotopic (exact) mass is 436 g/mol. The molecule has 0 heterocycles. The first kappa shape index (κ1) is 23.2. The maximum atomic E-state index is 12.5. The molecule has 0 radical (unpaired) electrons. The summed E-state index contributed by atoms with van der Waals surface area (Å²) in [6.07, 6.45) is 0. The number of benzene rings is 2. The zero-order chi connectivity index (χ0) is 21.6. The molecule has 1 atom stereocenters. The van der Waals surface area contributed by atoms with E-state index in [1.54, 1.807) is 50.2 Å². The van der Waals surface area contributed by atoms with Crippen LogP contribution in [0.4, 0.5) is 5.69 Å². The van der Waals surface area contributed by atoms with Crippen LogP contribution in [0, 0.1) is 5.41 Å². The average Bonchev–Trinajstić information content (AvgIpc) is 2.68. The second kappa shape index (κ2) is 10.1. The number of nitrogens with two attached hydrogens (primary N) is 1. The summed E-state index contributed by atoms with van der Waals surface area (Å²) in [4.78, 5) is 12.5. The predicted molar refractivity (Wildman–Crippen MR) is 122 cm³/mol. The predicted octanol–water partition coefficient (Wildman–Crippen LogP) is 5.19. The highest BCUT2D eigenvalue weighted by molar-refractivity contribution is 7.99. The Bertz CT molecular complexity index is 852. The number of ether oxygens (including phenoxy) is 2. The van der Waals surface area contributed by atoms with E-state index in [9.17, 15) is 4.79 Å². The number of halogens is 1. The van der Waals surface area contributed by atoms with Gasteiger partial charge in [0, 0.05) is 33.8 Å². The number of rotatable bonds is 8. The number of amides is 1. The average molecular weight is 437 g/mol. The van der Waals surface area contributed by atoms with E-state index in [4.69, 9.17) is 26.8 Å². The largest absolute Gasteiger partial charge is 0.493 e. The van der Waals surface area contributed by atoms with Crippen molar-refractivity contribution in [3.05, 3.63) is 52.5 Å². The molecule has 2 aromatic carbocycles. The lowest BCUT2D eigenvalue weighted by molar-refractivity contribution is 0.0955. The van der Waals surface area contributed by atoms with Crippen LogP contribution in [0.25, 0.3) is 0 Å².